The monoisotopic (exact) mass is 294 g/mol. The highest BCUT2D eigenvalue weighted by atomic mass is 16.5. The van der Waals surface area contributed by atoms with Crippen molar-refractivity contribution in [3.05, 3.63) is 23.8 Å². The van der Waals surface area contributed by atoms with E-state index in [9.17, 15) is 0 Å². The second-order valence-electron chi connectivity index (χ2n) is 5.53. The maximum Gasteiger partial charge on any atom is 0.124 e. The van der Waals surface area contributed by atoms with E-state index in [0.717, 1.165) is 23.6 Å². The van der Waals surface area contributed by atoms with Crippen LogP contribution < -0.4 is 15.2 Å². The van der Waals surface area contributed by atoms with Crippen LogP contribution in [0.5, 0.6) is 11.5 Å². The zero-order valence-corrected chi connectivity index (χ0v) is 13.3. The smallest absolute Gasteiger partial charge is 0.124 e. The lowest BCUT2D eigenvalue weighted by molar-refractivity contribution is -0.0795. The first-order valence-electron chi connectivity index (χ1n) is 7.41. The second kappa shape index (κ2) is 7.11. The van der Waals surface area contributed by atoms with Gasteiger partial charge in [-0.2, -0.15) is 0 Å². The lowest BCUT2D eigenvalue weighted by Gasteiger charge is -2.43. The standard InChI is InChI=1S/C16H26N2O3/c1-11(2)18-7-8-21-15(10-17)16(18)13-9-12(19-3)5-6-14(13)20-4/h5-6,9,11,15-16H,7-8,10,17H2,1-4H3. The third-order valence-electron chi connectivity index (χ3n) is 4.04. The van der Waals surface area contributed by atoms with Gasteiger partial charge in [-0.05, 0) is 32.0 Å². The van der Waals surface area contributed by atoms with Gasteiger partial charge >= 0.3 is 0 Å². The Kier molecular flexibility index (Phi) is 5.45. The molecule has 5 heteroatoms. The Hall–Kier alpha value is -1.30. The van der Waals surface area contributed by atoms with Crippen LogP contribution >= 0.6 is 0 Å². The number of morpholine rings is 1. The minimum atomic E-state index is -0.0397. The van der Waals surface area contributed by atoms with Crippen LogP contribution in [0.3, 0.4) is 0 Å². The summed E-state index contributed by atoms with van der Waals surface area (Å²) >= 11 is 0. The highest BCUT2D eigenvalue weighted by molar-refractivity contribution is 5.43. The zero-order valence-electron chi connectivity index (χ0n) is 13.3. The molecule has 1 aliphatic rings. The first kappa shape index (κ1) is 16.1. The quantitative estimate of drug-likeness (QED) is 0.897. The Labute approximate surface area is 127 Å². The fraction of sp³-hybridized carbons (Fsp3) is 0.625. The molecule has 1 fully saturated rings. The maximum absolute atomic E-state index is 5.93. The minimum Gasteiger partial charge on any atom is -0.497 e. The van der Waals surface area contributed by atoms with Crippen LogP contribution in [0.1, 0.15) is 25.5 Å². The number of nitrogens with two attached hydrogens (primary N) is 1. The van der Waals surface area contributed by atoms with E-state index in [4.69, 9.17) is 19.9 Å². The van der Waals surface area contributed by atoms with Crippen molar-refractivity contribution in [1.29, 1.82) is 0 Å². The predicted octanol–water partition coefficient (Wildman–Crippen LogP) is 1.81. The molecule has 0 saturated carbocycles. The molecular formula is C16H26N2O3. The van der Waals surface area contributed by atoms with Gasteiger partial charge in [0.1, 0.15) is 11.5 Å². The van der Waals surface area contributed by atoms with Gasteiger partial charge in [-0.15, -0.1) is 0 Å². The van der Waals surface area contributed by atoms with Crippen molar-refractivity contribution in [1.82, 2.24) is 4.90 Å². The Morgan fingerprint density at radius 1 is 1.33 bits per heavy atom. The molecule has 1 aromatic rings. The lowest BCUT2D eigenvalue weighted by atomic mass is 9.95. The van der Waals surface area contributed by atoms with Crippen LogP contribution in [-0.4, -0.2) is 51.0 Å². The molecule has 0 aliphatic carbocycles. The van der Waals surface area contributed by atoms with Crippen molar-refractivity contribution in [3.8, 4) is 11.5 Å². The van der Waals surface area contributed by atoms with Gasteiger partial charge in [0.15, 0.2) is 0 Å². The Balaban J connectivity index is 2.46. The molecule has 0 spiro atoms. The fourth-order valence-corrected chi connectivity index (χ4v) is 2.98. The zero-order chi connectivity index (χ0) is 15.4. The highest BCUT2D eigenvalue weighted by Crippen LogP contribution is 2.38. The summed E-state index contributed by atoms with van der Waals surface area (Å²) in [6, 6.07) is 6.35. The highest BCUT2D eigenvalue weighted by Gasteiger charge is 2.36. The largest absolute Gasteiger partial charge is 0.497 e. The summed E-state index contributed by atoms with van der Waals surface area (Å²) in [7, 11) is 3.36. The topological polar surface area (TPSA) is 57.0 Å². The van der Waals surface area contributed by atoms with Crippen molar-refractivity contribution < 1.29 is 14.2 Å². The molecule has 5 nitrogen and oxygen atoms in total. The Bertz CT molecular complexity index is 465. The molecule has 2 N–H and O–H groups in total. The fourth-order valence-electron chi connectivity index (χ4n) is 2.98. The number of ether oxygens (including phenoxy) is 3. The van der Waals surface area contributed by atoms with E-state index in [-0.39, 0.29) is 12.1 Å². The van der Waals surface area contributed by atoms with Gasteiger partial charge in [-0.25, -0.2) is 0 Å². The van der Waals surface area contributed by atoms with E-state index in [2.05, 4.69) is 18.7 Å². The van der Waals surface area contributed by atoms with E-state index < -0.39 is 0 Å². The first-order valence-corrected chi connectivity index (χ1v) is 7.41. The normalized spacial score (nSPS) is 23.3. The minimum absolute atomic E-state index is 0.0397. The first-order chi connectivity index (χ1) is 10.1. The van der Waals surface area contributed by atoms with Crippen LogP contribution in [0.25, 0.3) is 0 Å². The van der Waals surface area contributed by atoms with Gasteiger partial charge in [-0.3, -0.25) is 4.90 Å². The predicted molar refractivity (Wildman–Crippen MR) is 82.9 cm³/mol. The molecule has 1 aliphatic heterocycles. The van der Waals surface area contributed by atoms with E-state index in [1.165, 1.54) is 0 Å². The van der Waals surface area contributed by atoms with Crippen molar-refractivity contribution >= 4 is 0 Å². The van der Waals surface area contributed by atoms with Gasteiger partial charge in [-0.1, -0.05) is 0 Å². The van der Waals surface area contributed by atoms with Gasteiger partial charge in [0.2, 0.25) is 0 Å². The molecule has 1 saturated heterocycles. The third kappa shape index (κ3) is 3.31. The molecule has 0 aromatic heterocycles. The van der Waals surface area contributed by atoms with Gasteiger partial charge in [0.05, 0.1) is 33.0 Å². The molecule has 118 valence electrons. The molecular weight excluding hydrogens is 268 g/mol. The number of hydrogen-bond donors (Lipinski definition) is 1. The number of methoxy groups -OCH3 is 2. The van der Waals surface area contributed by atoms with Crippen LogP contribution in [-0.2, 0) is 4.74 Å². The summed E-state index contributed by atoms with van der Waals surface area (Å²) in [6.07, 6.45) is -0.0397. The van der Waals surface area contributed by atoms with Crippen molar-refractivity contribution in [3.63, 3.8) is 0 Å². The molecule has 2 atom stereocenters. The summed E-state index contributed by atoms with van der Waals surface area (Å²) in [5.41, 5.74) is 7.00. The summed E-state index contributed by atoms with van der Waals surface area (Å²) < 4.78 is 16.8. The molecule has 0 radical (unpaired) electrons. The average molecular weight is 294 g/mol. The van der Waals surface area contributed by atoms with Crippen molar-refractivity contribution in [2.75, 3.05) is 33.9 Å². The molecule has 1 heterocycles. The Morgan fingerprint density at radius 3 is 2.67 bits per heavy atom. The van der Waals surface area contributed by atoms with E-state index in [1.807, 2.05) is 18.2 Å². The van der Waals surface area contributed by atoms with Crippen LogP contribution in [0.15, 0.2) is 18.2 Å². The maximum atomic E-state index is 5.93. The van der Waals surface area contributed by atoms with Crippen molar-refractivity contribution in [2.45, 2.75) is 32.0 Å². The number of nitrogens with zero attached hydrogens (tertiary/aromatic N) is 1. The Morgan fingerprint density at radius 2 is 2.10 bits per heavy atom. The third-order valence-corrected chi connectivity index (χ3v) is 4.04. The molecule has 0 amide bonds. The molecule has 1 aromatic carbocycles. The van der Waals surface area contributed by atoms with E-state index >= 15 is 0 Å². The number of hydrogen-bond acceptors (Lipinski definition) is 5. The summed E-state index contributed by atoms with van der Waals surface area (Å²) in [6.45, 7) is 6.47. The SMILES string of the molecule is COc1ccc(OC)c(C2C(CN)OCCN2C(C)C)c1. The lowest BCUT2D eigenvalue weighted by Crippen LogP contribution is -2.50. The molecule has 21 heavy (non-hydrogen) atoms. The molecule has 2 rings (SSSR count). The summed E-state index contributed by atoms with van der Waals surface area (Å²) in [5, 5.41) is 0. The van der Waals surface area contributed by atoms with Gasteiger partial charge < -0.3 is 19.9 Å². The number of benzene rings is 1. The van der Waals surface area contributed by atoms with Crippen LogP contribution in [0, 0.1) is 0 Å². The molecule has 0 bridgehead atoms. The van der Waals surface area contributed by atoms with Gasteiger partial charge in [0.25, 0.3) is 0 Å². The van der Waals surface area contributed by atoms with Crippen LogP contribution in [0.4, 0.5) is 0 Å². The molecule has 2 unspecified atom stereocenters. The van der Waals surface area contributed by atoms with Crippen molar-refractivity contribution in [2.24, 2.45) is 5.73 Å². The van der Waals surface area contributed by atoms with Gasteiger partial charge in [0, 0.05) is 24.7 Å². The van der Waals surface area contributed by atoms with Crippen LogP contribution in [0.2, 0.25) is 0 Å². The summed E-state index contributed by atoms with van der Waals surface area (Å²) in [5.74, 6) is 1.66. The average Bonchev–Trinajstić information content (AvgIpc) is 2.53. The van der Waals surface area contributed by atoms with E-state index in [0.29, 0.717) is 19.2 Å². The van der Waals surface area contributed by atoms with E-state index in [1.54, 1.807) is 14.2 Å². The summed E-state index contributed by atoms with van der Waals surface area (Å²) in [4.78, 5) is 2.42. The second-order valence-corrected chi connectivity index (χ2v) is 5.53. The number of rotatable bonds is 5.